The SMILES string of the molecule is CCOC(=O)N1CCN(/[N+]([O-])=N\Oc2cc(O/N=[N+](/[O-])N3CCN(C(=O)OCC)CC3)c([N+](=O)[O-])cc2[N+](=O)[O-])CC1. The van der Waals surface area contributed by atoms with E-state index >= 15 is 0 Å². The molecule has 3 rings (SSSR count). The maximum absolute atomic E-state index is 12.4. The minimum absolute atomic E-state index is 0.00779. The van der Waals surface area contributed by atoms with Crippen LogP contribution in [0.25, 0.3) is 0 Å². The Morgan fingerprint density at radius 1 is 0.690 bits per heavy atom. The van der Waals surface area contributed by atoms with E-state index in [2.05, 4.69) is 10.6 Å². The fourth-order valence-electron chi connectivity index (χ4n) is 3.76. The second kappa shape index (κ2) is 14.3. The quantitative estimate of drug-likeness (QED) is 0.159. The lowest BCUT2D eigenvalue weighted by atomic mass is 10.2. The fourth-order valence-corrected chi connectivity index (χ4v) is 3.76. The lowest BCUT2D eigenvalue weighted by molar-refractivity contribution is -0.708. The zero-order valence-corrected chi connectivity index (χ0v) is 22.6. The predicted molar refractivity (Wildman–Crippen MR) is 133 cm³/mol. The molecule has 0 N–H and O–H groups in total. The Balaban J connectivity index is 1.73. The average Bonchev–Trinajstić information content (AvgIpc) is 2.98. The molecular formula is C20H28N10O12. The van der Waals surface area contributed by atoms with Crippen LogP contribution in [0.15, 0.2) is 22.7 Å². The molecule has 2 amide bonds. The second-order valence-corrected chi connectivity index (χ2v) is 8.43. The van der Waals surface area contributed by atoms with Gasteiger partial charge in [-0.25, -0.2) is 9.59 Å². The molecule has 22 nitrogen and oxygen atoms in total. The Labute approximate surface area is 236 Å². The molecule has 1 aromatic carbocycles. The molecule has 42 heavy (non-hydrogen) atoms. The summed E-state index contributed by atoms with van der Waals surface area (Å²) in [5.41, 5.74) is -1.85. The van der Waals surface area contributed by atoms with Crippen molar-refractivity contribution in [1.82, 2.24) is 19.8 Å². The van der Waals surface area contributed by atoms with Gasteiger partial charge in [0.05, 0.1) is 59.2 Å². The topological polar surface area (TPSA) is 247 Å². The number of hydrazine groups is 2. The summed E-state index contributed by atoms with van der Waals surface area (Å²) in [5.74, 6) is -1.44. The van der Waals surface area contributed by atoms with Crippen LogP contribution in [0.2, 0.25) is 0 Å². The van der Waals surface area contributed by atoms with Crippen LogP contribution >= 0.6 is 0 Å². The highest BCUT2D eigenvalue weighted by Crippen LogP contribution is 2.39. The molecule has 230 valence electrons. The maximum atomic E-state index is 12.4. The van der Waals surface area contributed by atoms with Crippen LogP contribution in [0.5, 0.6) is 11.5 Å². The van der Waals surface area contributed by atoms with Crippen molar-refractivity contribution in [3.8, 4) is 11.5 Å². The average molecular weight is 601 g/mol. The summed E-state index contributed by atoms with van der Waals surface area (Å²) in [6, 6.07) is 1.18. The third kappa shape index (κ3) is 7.82. The molecule has 0 atom stereocenters. The van der Waals surface area contributed by atoms with Crippen LogP contribution in [0, 0.1) is 30.6 Å². The van der Waals surface area contributed by atoms with E-state index in [-0.39, 0.29) is 75.5 Å². The predicted octanol–water partition coefficient (Wildman–Crippen LogP) is 1.39. The molecule has 2 fully saturated rings. The number of carbonyl (C=O) groups is 2. The highest BCUT2D eigenvalue weighted by molar-refractivity contribution is 5.68. The van der Waals surface area contributed by atoms with Crippen LogP contribution in [-0.2, 0) is 9.47 Å². The summed E-state index contributed by atoms with van der Waals surface area (Å²) in [7, 11) is 0. The highest BCUT2D eigenvalue weighted by Gasteiger charge is 2.31. The van der Waals surface area contributed by atoms with Crippen molar-refractivity contribution in [2.24, 2.45) is 10.6 Å². The number of carbonyl (C=O) groups excluding carboxylic acids is 2. The molecular weight excluding hydrogens is 572 g/mol. The molecule has 2 saturated heterocycles. The van der Waals surface area contributed by atoms with Gasteiger partial charge >= 0.3 is 23.6 Å². The largest absolute Gasteiger partial charge is 0.569 e. The van der Waals surface area contributed by atoms with E-state index in [0.29, 0.717) is 12.1 Å². The van der Waals surface area contributed by atoms with E-state index in [1.165, 1.54) is 9.80 Å². The maximum Gasteiger partial charge on any atom is 0.409 e. The first-order valence-corrected chi connectivity index (χ1v) is 12.6. The molecule has 2 heterocycles. The number of piperazine rings is 2. The number of hydrogen-bond acceptors (Lipinski definition) is 14. The van der Waals surface area contributed by atoms with Gasteiger partial charge in [0, 0.05) is 32.2 Å². The number of nitro groups is 2. The summed E-state index contributed by atoms with van der Waals surface area (Å²) in [6.07, 6.45) is -1.09. The van der Waals surface area contributed by atoms with Crippen LogP contribution in [0.4, 0.5) is 21.0 Å². The summed E-state index contributed by atoms with van der Waals surface area (Å²) in [5, 5.41) is 56.7. The molecule has 2 aliphatic rings. The van der Waals surface area contributed by atoms with E-state index in [1.807, 2.05) is 0 Å². The van der Waals surface area contributed by atoms with Crippen molar-refractivity contribution in [2.45, 2.75) is 13.8 Å². The highest BCUT2D eigenvalue weighted by atomic mass is 16.7. The van der Waals surface area contributed by atoms with Crippen LogP contribution in [0.1, 0.15) is 13.8 Å². The minimum Gasteiger partial charge on any atom is -0.569 e. The van der Waals surface area contributed by atoms with Crippen LogP contribution in [-0.4, -0.2) is 117 Å². The lowest BCUT2D eigenvalue weighted by Gasteiger charge is -2.30. The monoisotopic (exact) mass is 600 g/mol. The van der Waals surface area contributed by atoms with E-state index in [0.717, 1.165) is 10.0 Å². The first-order valence-electron chi connectivity index (χ1n) is 12.6. The van der Waals surface area contributed by atoms with Crippen molar-refractivity contribution < 1.29 is 48.5 Å². The van der Waals surface area contributed by atoms with Crippen molar-refractivity contribution in [2.75, 3.05) is 65.6 Å². The van der Waals surface area contributed by atoms with Gasteiger partial charge in [-0.3, -0.25) is 29.9 Å². The van der Waals surface area contributed by atoms with Gasteiger partial charge in [-0.15, -0.1) is 10.0 Å². The number of benzene rings is 1. The Bertz CT molecular complexity index is 1140. The Kier molecular flexibility index (Phi) is 10.6. The van der Waals surface area contributed by atoms with Gasteiger partial charge in [0.25, 0.3) is 0 Å². The standard InChI is InChI=1S/C20H28N10O12/c1-3-39-19(31)23-5-9-25(10-6-23)29(37)21-41-17-14-18(16(28(35)36)13-15(17)27(33)34)42-22-30(38)26-11-7-24(8-12-26)20(32)40-4-2/h13-14H,3-12H2,1-2H3/b29-21+,30-22+. The molecule has 0 saturated carbocycles. The van der Waals surface area contributed by atoms with Crippen molar-refractivity contribution >= 4 is 23.6 Å². The van der Waals surface area contributed by atoms with Gasteiger partial charge < -0.3 is 29.7 Å². The van der Waals surface area contributed by atoms with Crippen molar-refractivity contribution in [3.05, 3.63) is 42.8 Å². The molecule has 0 bridgehead atoms. The third-order valence-corrected chi connectivity index (χ3v) is 5.90. The minimum atomic E-state index is -1.00. The smallest absolute Gasteiger partial charge is 0.409 e. The lowest BCUT2D eigenvalue weighted by Crippen LogP contribution is -2.50. The molecule has 0 radical (unpaired) electrons. The summed E-state index contributed by atoms with van der Waals surface area (Å²) in [6.45, 7) is 4.36. The van der Waals surface area contributed by atoms with Gasteiger partial charge in [0.15, 0.2) is 0 Å². The van der Waals surface area contributed by atoms with Crippen LogP contribution in [0.3, 0.4) is 0 Å². The Morgan fingerprint density at radius 2 is 1.05 bits per heavy atom. The van der Waals surface area contributed by atoms with E-state index < -0.39 is 44.9 Å². The van der Waals surface area contributed by atoms with E-state index in [4.69, 9.17) is 19.1 Å². The van der Waals surface area contributed by atoms with Gasteiger partial charge in [0.2, 0.25) is 22.1 Å². The number of rotatable bonds is 10. The fraction of sp³-hybridized carbons (Fsp3) is 0.600. The summed E-state index contributed by atoms with van der Waals surface area (Å²) < 4.78 is 9.80. The zero-order chi connectivity index (χ0) is 30.8. The summed E-state index contributed by atoms with van der Waals surface area (Å²) >= 11 is 0. The molecule has 22 heteroatoms. The number of nitrogens with zero attached hydrogens (tertiary/aromatic N) is 10. The molecule has 0 unspecified atom stereocenters. The molecule has 1 aromatic rings. The first kappa shape index (κ1) is 31.1. The first-order chi connectivity index (χ1) is 20.0. The number of amides is 2. The number of nitro benzene ring substituents is 2. The van der Waals surface area contributed by atoms with Crippen LogP contribution < -0.4 is 9.68 Å². The molecule has 0 aromatic heterocycles. The van der Waals surface area contributed by atoms with Gasteiger partial charge in [-0.2, -0.15) is 0 Å². The normalized spacial score (nSPS) is 16.1. The third-order valence-electron chi connectivity index (χ3n) is 5.90. The van der Waals surface area contributed by atoms with E-state index in [1.54, 1.807) is 13.8 Å². The van der Waals surface area contributed by atoms with E-state index in [9.17, 15) is 40.2 Å². The van der Waals surface area contributed by atoms with Crippen molar-refractivity contribution in [1.29, 1.82) is 0 Å². The second-order valence-electron chi connectivity index (χ2n) is 8.43. The van der Waals surface area contributed by atoms with Crippen molar-refractivity contribution in [3.63, 3.8) is 0 Å². The van der Waals surface area contributed by atoms with Gasteiger partial charge in [-0.05, 0) is 13.8 Å². The zero-order valence-electron chi connectivity index (χ0n) is 22.6. The van der Waals surface area contributed by atoms with Gasteiger partial charge in [0.1, 0.15) is 6.07 Å². The summed E-state index contributed by atoms with van der Waals surface area (Å²) in [4.78, 5) is 57.3. The molecule has 0 aliphatic carbocycles. The number of ether oxygens (including phenoxy) is 2. The Morgan fingerprint density at radius 3 is 1.36 bits per heavy atom. The molecule has 2 aliphatic heterocycles. The number of hydrogen-bond donors (Lipinski definition) is 0. The molecule has 0 spiro atoms. The Hall–Kier alpha value is -5.44. The van der Waals surface area contributed by atoms with Gasteiger partial charge in [-0.1, -0.05) is 0 Å².